The van der Waals surface area contributed by atoms with Gasteiger partial charge < -0.3 is 0 Å². The average molecular weight is 211 g/mol. The molecule has 2 aliphatic rings. The normalized spacial score (nSPS) is 43.3. The predicted molar refractivity (Wildman–Crippen MR) is 62.5 cm³/mol. The lowest BCUT2D eigenvalue weighted by Gasteiger charge is -2.41. The molecular weight excluding hydrogens is 192 g/mol. The van der Waals surface area contributed by atoms with Crippen LogP contribution in [0.2, 0.25) is 0 Å². The van der Waals surface area contributed by atoms with E-state index in [2.05, 4.69) is 39.0 Å². The van der Waals surface area contributed by atoms with Crippen molar-refractivity contribution in [3.63, 3.8) is 0 Å². The van der Waals surface area contributed by atoms with E-state index in [0.29, 0.717) is 11.3 Å². The van der Waals surface area contributed by atoms with E-state index in [1.807, 2.05) is 0 Å². The van der Waals surface area contributed by atoms with E-state index in [0.717, 1.165) is 5.92 Å². The molecule has 4 atom stereocenters. The summed E-state index contributed by atoms with van der Waals surface area (Å²) in [6.07, 6.45) is 9.38. The number of hydrogen-bond acceptors (Lipinski definition) is 0. The van der Waals surface area contributed by atoms with Gasteiger partial charge in [0.25, 0.3) is 0 Å². The van der Waals surface area contributed by atoms with Gasteiger partial charge in [-0.3, -0.25) is 0 Å². The standard InChI is InChI=1S/C13H19Cl/c1-9-7-8-11-5-4-6-12(10(2)14)13(9,11)3/h4-6,9-10,12H,7-8H2,1-3H3. The van der Waals surface area contributed by atoms with Crippen molar-refractivity contribution in [1.82, 2.24) is 0 Å². The van der Waals surface area contributed by atoms with Crippen LogP contribution in [0.3, 0.4) is 0 Å². The summed E-state index contributed by atoms with van der Waals surface area (Å²) < 4.78 is 0. The number of alkyl halides is 1. The highest BCUT2D eigenvalue weighted by Crippen LogP contribution is 2.55. The molecule has 2 aliphatic carbocycles. The van der Waals surface area contributed by atoms with Crippen molar-refractivity contribution in [3.05, 3.63) is 23.8 Å². The fourth-order valence-corrected chi connectivity index (χ4v) is 3.53. The van der Waals surface area contributed by atoms with Crippen LogP contribution in [0.15, 0.2) is 23.8 Å². The summed E-state index contributed by atoms with van der Waals surface area (Å²) in [4.78, 5) is 0. The highest BCUT2D eigenvalue weighted by Gasteiger charge is 2.47. The number of hydrogen-bond donors (Lipinski definition) is 0. The van der Waals surface area contributed by atoms with Gasteiger partial charge in [-0.2, -0.15) is 0 Å². The number of halogens is 1. The van der Waals surface area contributed by atoms with Gasteiger partial charge in [0, 0.05) is 11.3 Å². The first kappa shape index (κ1) is 10.3. The van der Waals surface area contributed by atoms with Crippen LogP contribution in [-0.2, 0) is 0 Å². The van der Waals surface area contributed by atoms with E-state index < -0.39 is 0 Å². The molecule has 2 rings (SSSR count). The maximum Gasteiger partial charge on any atom is 0.0379 e. The minimum Gasteiger partial charge on any atom is -0.123 e. The molecule has 1 fully saturated rings. The second-order valence-corrected chi connectivity index (χ2v) is 5.69. The predicted octanol–water partition coefficient (Wildman–Crippen LogP) is 4.16. The van der Waals surface area contributed by atoms with Crippen molar-refractivity contribution in [2.24, 2.45) is 17.3 Å². The lowest BCUT2D eigenvalue weighted by Crippen LogP contribution is -2.36. The average Bonchev–Trinajstić information content (AvgIpc) is 2.42. The molecule has 0 radical (unpaired) electrons. The lowest BCUT2D eigenvalue weighted by molar-refractivity contribution is 0.210. The van der Waals surface area contributed by atoms with Gasteiger partial charge in [-0.05, 0) is 31.1 Å². The molecule has 1 saturated carbocycles. The third kappa shape index (κ3) is 1.27. The van der Waals surface area contributed by atoms with Crippen molar-refractivity contribution in [2.75, 3.05) is 0 Å². The van der Waals surface area contributed by atoms with Crippen LogP contribution in [0, 0.1) is 17.3 Å². The van der Waals surface area contributed by atoms with Gasteiger partial charge >= 0.3 is 0 Å². The molecule has 14 heavy (non-hydrogen) atoms. The summed E-state index contributed by atoms with van der Waals surface area (Å²) in [6.45, 7) is 6.88. The van der Waals surface area contributed by atoms with Gasteiger partial charge in [0.05, 0.1) is 0 Å². The first-order chi connectivity index (χ1) is 6.56. The number of rotatable bonds is 1. The molecular formula is C13H19Cl. The Morgan fingerprint density at radius 1 is 1.57 bits per heavy atom. The van der Waals surface area contributed by atoms with Crippen molar-refractivity contribution in [2.45, 2.75) is 39.0 Å². The Hall–Kier alpha value is -0.230. The van der Waals surface area contributed by atoms with Crippen molar-refractivity contribution >= 4 is 11.6 Å². The molecule has 1 heteroatoms. The third-order valence-electron chi connectivity index (χ3n) is 4.37. The quantitative estimate of drug-likeness (QED) is 0.570. The summed E-state index contributed by atoms with van der Waals surface area (Å²) in [6, 6.07) is 0. The second kappa shape index (κ2) is 3.41. The molecule has 4 unspecified atom stereocenters. The zero-order valence-corrected chi connectivity index (χ0v) is 10.0. The van der Waals surface area contributed by atoms with E-state index in [1.165, 1.54) is 12.8 Å². The summed E-state index contributed by atoms with van der Waals surface area (Å²) in [5.74, 6) is 1.28. The zero-order chi connectivity index (χ0) is 10.3. The summed E-state index contributed by atoms with van der Waals surface area (Å²) in [5, 5.41) is 0.237. The van der Waals surface area contributed by atoms with Gasteiger partial charge in [-0.1, -0.05) is 37.6 Å². The van der Waals surface area contributed by atoms with E-state index >= 15 is 0 Å². The van der Waals surface area contributed by atoms with Gasteiger partial charge in [0.15, 0.2) is 0 Å². The van der Waals surface area contributed by atoms with Crippen molar-refractivity contribution in [1.29, 1.82) is 0 Å². The Morgan fingerprint density at radius 2 is 2.29 bits per heavy atom. The topological polar surface area (TPSA) is 0 Å². The molecule has 0 aromatic rings. The third-order valence-corrected chi connectivity index (χ3v) is 4.64. The van der Waals surface area contributed by atoms with Crippen LogP contribution >= 0.6 is 11.6 Å². The fourth-order valence-electron chi connectivity index (χ4n) is 3.18. The highest BCUT2D eigenvalue weighted by molar-refractivity contribution is 6.20. The minimum atomic E-state index is 0.237. The molecule has 0 amide bonds. The zero-order valence-electron chi connectivity index (χ0n) is 9.26. The van der Waals surface area contributed by atoms with Crippen molar-refractivity contribution < 1.29 is 0 Å². The van der Waals surface area contributed by atoms with Gasteiger partial charge in [-0.15, -0.1) is 11.6 Å². The molecule has 0 aromatic heterocycles. The van der Waals surface area contributed by atoms with Crippen LogP contribution in [0.5, 0.6) is 0 Å². The van der Waals surface area contributed by atoms with E-state index in [1.54, 1.807) is 5.57 Å². The molecule has 0 nitrogen and oxygen atoms in total. The fraction of sp³-hybridized carbons (Fsp3) is 0.692. The van der Waals surface area contributed by atoms with E-state index in [4.69, 9.17) is 11.6 Å². The molecule has 0 bridgehead atoms. The van der Waals surface area contributed by atoms with E-state index in [9.17, 15) is 0 Å². The Kier molecular flexibility index (Phi) is 2.51. The molecule has 0 heterocycles. The molecule has 0 saturated heterocycles. The van der Waals surface area contributed by atoms with Gasteiger partial charge in [-0.25, -0.2) is 0 Å². The number of fused-ring (bicyclic) bond motifs is 1. The monoisotopic (exact) mass is 210 g/mol. The molecule has 0 aliphatic heterocycles. The Balaban J connectivity index is 2.39. The smallest absolute Gasteiger partial charge is 0.0379 e. The van der Waals surface area contributed by atoms with Crippen LogP contribution in [0.1, 0.15) is 33.6 Å². The van der Waals surface area contributed by atoms with Crippen LogP contribution < -0.4 is 0 Å². The van der Waals surface area contributed by atoms with Crippen molar-refractivity contribution in [3.8, 4) is 0 Å². The van der Waals surface area contributed by atoms with Gasteiger partial charge in [0.1, 0.15) is 0 Å². The molecule has 0 N–H and O–H groups in total. The van der Waals surface area contributed by atoms with Gasteiger partial charge in [0.2, 0.25) is 0 Å². The first-order valence-corrected chi connectivity index (χ1v) is 6.02. The lowest BCUT2D eigenvalue weighted by atomic mass is 9.65. The van der Waals surface area contributed by atoms with Crippen LogP contribution in [-0.4, -0.2) is 5.38 Å². The largest absolute Gasteiger partial charge is 0.123 e. The molecule has 0 aromatic carbocycles. The SMILES string of the molecule is CC(Cl)C1C=CC=C2CCC(C)C21C. The number of allylic oxidation sites excluding steroid dienone is 4. The Morgan fingerprint density at radius 3 is 2.93 bits per heavy atom. The maximum absolute atomic E-state index is 6.30. The Labute approximate surface area is 92.0 Å². The second-order valence-electron chi connectivity index (χ2n) is 5.00. The highest BCUT2D eigenvalue weighted by atomic mass is 35.5. The van der Waals surface area contributed by atoms with Crippen LogP contribution in [0.25, 0.3) is 0 Å². The summed E-state index contributed by atoms with van der Waals surface area (Å²) in [7, 11) is 0. The summed E-state index contributed by atoms with van der Waals surface area (Å²) in [5.41, 5.74) is 1.95. The minimum absolute atomic E-state index is 0.237. The molecule has 78 valence electrons. The summed E-state index contributed by atoms with van der Waals surface area (Å²) >= 11 is 6.30. The van der Waals surface area contributed by atoms with E-state index in [-0.39, 0.29) is 5.38 Å². The maximum atomic E-state index is 6.30. The first-order valence-electron chi connectivity index (χ1n) is 5.58. The Bertz CT molecular complexity index is 288. The van der Waals surface area contributed by atoms with Crippen LogP contribution in [0.4, 0.5) is 0 Å². The molecule has 0 spiro atoms.